The maximum absolute atomic E-state index is 12.2. The van der Waals surface area contributed by atoms with Crippen molar-refractivity contribution in [3.63, 3.8) is 0 Å². The fraction of sp³-hybridized carbons (Fsp3) is 0.200. The molecule has 6 nitrogen and oxygen atoms in total. The first-order valence-electron chi connectivity index (χ1n) is 5.02. The summed E-state index contributed by atoms with van der Waals surface area (Å²) in [5.41, 5.74) is -0.576. The predicted molar refractivity (Wildman–Crippen MR) is 56.3 cm³/mol. The molecule has 0 fully saturated rings. The Labute approximate surface area is 104 Å². The van der Waals surface area contributed by atoms with Crippen molar-refractivity contribution in [3.8, 4) is 11.4 Å². The second-order valence-electron chi connectivity index (χ2n) is 3.58. The molecule has 0 saturated heterocycles. The highest BCUT2D eigenvalue weighted by molar-refractivity contribution is 5.92. The molecule has 0 atom stereocenters. The highest BCUT2D eigenvalue weighted by atomic mass is 19.4. The molecule has 2 rings (SSSR count). The number of nitrogens with zero attached hydrogens (tertiary/aromatic N) is 4. The molecule has 0 unspecified atom stereocenters. The lowest BCUT2D eigenvalue weighted by Gasteiger charge is -2.04. The zero-order valence-electron chi connectivity index (χ0n) is 9.29. The number of rotatable bonds is 3. The van der Waals surface area contributed by atoms with Gasteiger partial charge in [-0.1, -0.05) is 0 Å². The van der Waals surface area contributed by atoms with Crippen molar-refractivity contribution >= 4 is 5.97 Å². The summed E-state index contributed by atoms with van der Waals surface area (Å²) in [6, 6.07) is 1.50. The van der Waals surface area contributed by atoms with E-state index in [-0.39, 0.29) is 11.4 Å². The van der Waals surface area contributed by atoms with E-state index in [1.54, 1.807) is 0 Å². The van der Waals surface area contributed by atoms with E-state index in [2.05, 4.69) is 15.1 Å². The topological polar surface area (TPSA) is 80.9 Å². The Morgan fingerprint density at radius 1 is 1.32 bits per heavy atom. The van der Waals surface area contributed by atoms with Crippen LogP contribution in [0.4, 0.5) is 13.2 Å². The number of alkyl halides is 3. The Morgan fingerprint density at radius 3 is 2.47 bits per heavy atom. The molecule has 9 heteroatoms. The van der Waals surface area contributed by atoms with Crippen LogP contribution in [0.3, 0.4) is 0 Å². The van der Waals surface area contributed by atoms with Gasteiger partial charge in [0.25, 0.3) is 0 Å². The van der Waals surface area contributed by atoms with Crippen LogP contribution < -0.4 is 0 Å². The smallest absolute Gasteiger partial charge is 0.408 e. The van der Waals surface area contributed by atoms with Gasteiger partial charge < -0.3 is 5.11 Å². The molecule has 19 heavy (non-hydrogen) atoms. The number of carboxylic acids is 1. The summed E-state index contributed by atoms with van der Waals surface area (Å²) in [6.45, 7) is -1.37. The van der Waals surface area contributed by atoms with Gasteiger partial charge in [0, 0.05) is 18.6 Å². The van der Waals surface area contributed by atoms with Crippen molar-refractivity contribution in [1.29, 1.82) is 0 Å². The average Bonchev–Trinajstić information content (AvgIpc) is 2.72. The summed E-state index contributed by atoms with van der Waals surface area (Å²) in [4.78, 5) is 18.5. The van der Waals surface area contributed by atoms with E-state index in [0.29, 0.717) is 4.68 Å². The minimum atomic E-state index is -4.49. The third-order valence-corrected chi connectivity index (χ3v) is 2.11. The molecule has 1 N–H and O–H groups in total. The lowest BCUT2D eigenvalue weighted by Crippen LogP contribution is -2.18. The van der Waals surface area contributed by atoms with Crippen LogP contribution in [-0.4, -0.2) is 37.0 Å². The second kappa shape index (κ2) is 4.67. The molecule has 0 spiro atoms. The van der Waals surface area contributed by atoms with Gasteiger partial charge in [-0.15, -0.1) is 0 Å². The second-order valence-corrected chi connectivity index (χ2v) is 3.58. The van der Waals surface area contributed by atoms with Crippen molar-refractivity contribution in [2.24, 2.45) is 0 Å². The molecule has 0 amide bonds. The fourth-order valence-electron chi connectivity index (χ4n) is 1.45. The van der Waals surface area contributed by atoms with E-state index >= 15 is 0 Å². The lowest BCUT2D eigenvalue weighted by molar-refractivity contribution is -0.142. The maximum Gasteiger partial charge on any atom is 0.408 e. The fourth-order valence-corrected chi connectivity index (χ4v) is 1.45. The number of carboxylic acid groups (broad SMARTS) is 1. The van der Waals surface area contributed by atoms with Gasteiger partial charge in [0.1, 0.15) is 6.54 Å². The number of hydrogen-bond donors (Lipinski definition) is 1. The van der Waals surface area contributed by atoms with Gasteiger partial charge in [-0.05, 0) is 6.07 Å². The maximum atomic E-state index is 12.2. The lowest BCUT2D eigenvalue weighted by atomic mass is 10.2. The van der Waals surface area contributed by atoms with Crippen LogP contribution in [0.5, 0.6) is 0 Å². The molecule has 0 bridgehead atoms. The zero-order valence-corrected chi connectivity index (χ0v) is 9.29. The van der Waals surface area contributed by atoms with Crippen LogP contribution in [0.2, 0.25) is 0 Å². The molecule has 0 aromatic carbocycles. The first-order chi connectivity index (χ1) is 8.87. The highest BCUT2D eigenvalue weighted by Crippen LogP contribution is 2.22. The standard InChI is InChI=1S/C10H7F3N4O2/c11-10(12,13)5-17-4-6(7(16-17)9(18)19)8-14-2-1-3-15-8/h1-4H,5H2,(H,18,19). The Kier molecular flexibility index (Phi) is 3.19. The normalized spacial score (nSPS) is 11.5. The number of aromatic carboxylic acids is 1. The van der Waals surface area contributed by atoms with Gasteiger partial charge in [-0.3, -0.25) is 4.68 Å². The summed E-state index contributed by atoms with van der Waals surface area (Å²) in [5.74, 6) is -1.43. The Balaban J connectivity index is 2.45. The number of hydrogen-bond acceptors (Lipinski definition) is 4. The van der Waals surface area contributed by atoms with Crippen LogP contribution in [-0.2, 0) is 6.54 Å². The molecule has 0 aliphatic heterocycles. The van der Waals surface area contributed by atoms with Gasteiger partial charge in [0.15, 0.2) is 11.5 Å². The SMILES string of the molecule is O=C(O)c1nn(CC(F)(F)F)cc1-c1ncccn1. The van der Waals surface area contributed by atoms with Crippen LogP contribution >= 0.6 is 0 Å². The number of carbonyl (C=O) groups is 1. The van der Waals surface area contributed by atoms with E-state index in [9.17, 15) is 18.0 Å². The zero-order chi connectivity index (χ0) is 14.0. The first-order valence-corrected chi connectivity index (χ1v) is 5.02. The van der Waals surface area contributed by atoms with Crippen molar-refractivity contribution in [1.82, 2.24) is 19.7 Å². The molecule has 2 aromatic heterocycles. The third kappa shape index (κ3) is 3.06. The number of halogens is 3. The minimum absolute atomic E-state index is 0.00771. The van der Waals surface area contributed by atoms with Crippen molar-refractivity contribution in [3.05, 3.63) is 30.4 Å². The van der Waals surface area contributed by atoms with E-state index in [0.717, 1.165) is 6.20 Å². The van der Waals surface area contributed by atoms with E-state index in [1.807, 2.05) is 0 Å². The molecule has 0 saturated carbocycles. The third-order valence-electron chi connectivity index (χ3n) is 2.11. The van der Waals surface area contributed by atoms with Crippen molar-refractivity contribution in [2.75, 3.05) is 0 Å². The average molecular weight is 272 g/mol. The van der Waals surface area contributed by atoms with Gasteiger partial charge in [0.2, 0.25) is 0 Å². The van der Waals surface area contributed by atoms with E-state index < -0.39 is 24.4 Å². The largest absolute Gasteiger partial charge is 0.476 e. The van der Waals surface area contributed by atoms with Crippen molar-refractivity contribution < 1.29 is 23.1 Å². The van der Waals surface area contributed by atoms with E-state index in [4.69, 9.17) is 5.11 Å². The number of aromatic nitrogens is 4. The van der Waals surface area contributed by atoms with Gasteiger partial charge in [0.05, 0.1) is 5.56 Å². The summed E-state index contributed by atoms with van der Waals surface area (Å²) in [7, 11) is 0. The van der Waals surface area contributed by atoms with Crippen molar-refractivity contribution in [2.45, 2.75) is 12.7 Å². The summed E-state index contributed by atoms with van der Waals surface area (Å²) in [5, 5.41) is 12.3. The Morgan fingerprint density at radius 2 is 1.95 bits per heavy atom. The van der Waals surface area contributed by atoms with Gasteiger partial charge >= 0.3 is 12.1 Å². The Hall–Kier alpha value is -2.45. The summed E-state index contributed by atoms with van der Waals surface area (Å²) < 4.78 is 37.2. The first kappa shape index (κ1) is 13.0. The quantitative estimate of drug-likeness (QED) is 0.917. The molecule has 2 aromatic rings. The predicted octanol–water partition coefficient (Wildman–Crippen LogP) is 1.60. The van der Waals surface area contributed by atoms with E-state index in [1.165, 1.54) is 18.5 Å². The molecular weight excluding hydrogens is 265 g/mol. The van der Waals surface area contributed by atoms with Crippen LogP contribution in [0, 0.1) is 0 Å². The summed E-state index contributed by atoms with van der Waals surface area (Å²) >= 11 is 0. The van der Waals surface area contributed by atoms with Gasteiger partial charge in [-0.25, -0.2) is 14.8 Å². The monoisotopic (exact) mass is 272 g/mol. The molecule has 0 aliphatic carbocycles. The molecule has 2 heterocycles. The summed E-state index contributed by atoms with van der Waals surface area (Å²) in [6.07, 6.45) is -0.812. The highest BCUT2D eigenvalue weighted by Gasteiger charge is 2.30. The molecule has 0 radical (unpaired) electrons. The minimum Gasteiger partial charge on any atom is -0.476 e. The molecular formula is C10H7F3N4O2. The molecule has 0 aliphatic rings. The Bertz CT molecular complexity index is 595. The van der Waals surface area contributed by atoms with Crippen LogP contribution in [0.25, 0.3) is 11.4 Å². The van der Waals surface area contributed by atoms with Gasteiger partial charge in [-0.2, -0.15) is 18.3 Å². The van der Waals surface area contributed by atoms with Crippen LogP contribution in [0.15, 0.2) is 24.7 Å². The van der Waals surface area contributed by atoms with Crippen LogP contribution in [0.1, 0.15) is 10.5 Å². The molecule has 100 valence electrons.